The van der Waals surface area contributed by atoms with Gasteiger partial charge in [0.25, 0.3) is 0 Å². The summed E-state index contributed by atoms with van der Waals surface area (Å²) >= 11 is 0. The molecule has 1 aliphatic rings. The fraction of sp³-hybridized carbons (Fsp3) is 0.286. The summed E-state index contributed by atoms with van der Waals surface area (Å²) in [6.45, 7) is 1.12. The molecular weight excluding hydrogens is 182 g/mol. The van der Waals surface area contributed by atoms with E-state index in [1.807, 2.05) is 0 Å². The molecule has 0 fully saturated rings. The van der Waals surface area contributed by atoms with Gasteiger partial charge in [-0.05, 0) is 41.7 Å². The van der Waals surface area contributed by atoms with Gasteiger partial charge in [-0.15, -0.1) is 0 Å². The first-order valence-electron chi connectivity index (χ1n) is 5.70. The summed E-state index contributed by atoms with van der Waals surface area (Å²) in [4.78, 5) is 0. The number of benzene rings is 2. The Morgan fingerprint density at radius 2 is 1.87 bits per heavy atom. The van der Waals surface area contributed by atoms with Gasteiger partial charge in [0.15, 0.2) is 0 Å². The standard InChI is InChI=1S/C14H15N/c1-2-6-12-11(5-1)8-9-14-13(12)7-3-4-10-15-14/h1-2,5-6,8-9,15H,3-4,7,10H2. The third kappa shape index (κ3) is 1.48. The first-order valence-corrected chi connectivity index (χ1v) is 5.70. The zero-order valence-electron chi connectivity index (χ0n) is 8.79. The van der Waals surface area contributed by atoms with Crippen molar-refractivity contribution in [1.82, 2.24) is 0 Å². The van der Waals surface area contributed by atoms with Crippen LogP contribution in [0.4, 0.5) is 5.69 Å². The van der Waals surface area contributed by atoms with Crippen molar-refractivity contribution >= 4 is 16.5 Å². The van der Waals surface area contributed by atoms with Gasteiger partial charge in [-0.25, -0.2) is 0 Å². The second-order valence-electron chi connectivity index (χ2n) is 4.20. The monoisotopic (exact) mass is 197 g/mol. The predicted octanol–water partition coefficient (Wildman–Crippen LogP) is 3.59. The Kier molecular flexibility index (Phi) is 2.09. The fourth-order valence-electron chi connectivity index (χ4n) is 2.42. The van der Waals surface area contributed by atoms with Gasteiger partial charge < -0.3 is 5.32 Å². The molecule has 1 aliphatic heterocycles. The summed E-state index contributed by atoms with van der Waals surface area (Å²) < 4.78 is 0. The SMILES string of the molecule is c1ccc2c3c(ccc2c1)NCCCC3. The Hall–Kier alpha value is -1.50. The van der Waals surface area contributed by atoms with Crippen LogP contribution in [-0.4, -0.2) is 6.54 Å². The van der Waals surface area contributed by atoms with Crippen molar-refractivity contribution < 1.29 is 0 Å². The number of aryl methyl sites for hydroxylation is 1. The van der Waals surface area contributed by atoms with Crippen LogP contribution in [-0.2, 0) is 6.42 Å². The van der Waals surface area contributed by atoms with Crippen LogP contribution in [0.2, 0.25) is 0 Å². The normalized spacial score (nSPS) is 15.5. The Bertz CT molecular complexity index is 488. The minimum absolute atomic E-state index is 1.12. The van der Waals surface area contributed by atoms with Crippen LogP contribution in [0.3, 0.4) is 0 Å². The maximum Gasteiger partial charge on any atom is 0.0379 e. The van der Waals surface area contributed by atoms with E-state index in [9.17, 15) is 0 Å². The maximum atomic E-state index is 3.52. The number of anilines is 1. The Morgan fingerprint density at radius 1 is 0.933 bits per heavy atom. The van der Waals surface area contributed by atoms with Crippen molar-refractivity contribution in [2.45, 2.75) is 19.3 Å². The number of fused-ring (bicyclic) bond motifs is 3. The predicted molar refractivity (Wildman–Crippen MR) is 65.4 cm³/mol. The topological polar surface area (TPSA) is 12.0 Å². The molecule has 2 aromatic rings. The molecule has 0 aromatic heterocycles. The molecule has 0 radical (unpaired) electrons. The summed E-state index contributed by atoms with van der Waals surface area (Å²) in [5.41, 5.74) is 2.84. The lowest BCUT2D eigenvalue weighted by molar-refractivity contribution is 0.788. The second-order valence-corrected chi connectivity index (χ2v) is 4.20. The van der Waals surface area contributed by atoms with Crippen molar-refractivity contribution in [3.8, 4) is 0 Å². The molecule has 0 bridgehead atoms. The largest absolute Gasteiger partial charge is 0.385 e. The fourth-order valence-corrected chi connectivity index (χ4v) is 2.42. The highest BCUT2D eigenvalue weighted by molar-refractivity contribution is 5.90. The lowest BCUT2D eigenvalue weighted by atomic mass is 9.99. The van der Waals surface area contributed by atoms with Crippen LogP contribution in [0.1, 0.15) is 18.4 Å². The molecule has 0 saturated heterocycles. The van der Waals surface area contributed by atoms with E-state index >= 15 is 0 Å². The van der Waals surface area contributed by atoms with Crippen molar-refractivity contribution in [1.29, 1.82) is 0 Å². The molecule has 0 unspecified atom stereocenters. The van der Waals surface area contributed by atoms with Crippen molar-refractivity contribution in [2.24, 2.45) is 0 Å². The molecule has 0 atom stereocenters. The number of nitrogens with one attached hydrogen (secondary N) is 1. The molecule has 2 aromatic carbocycles. The van der Waals surface area contributed by atoms with Crippen LogP contribution in [0.25, 0.3) is 10.8 Å². The van der Waals surface area contributed by atoms with Crippen LogP contribution in [0, 0.1) is 0 Å². The van der Waals surface area contributed by atoms with Gasteiger partial charge >= 0.3 is 0 Å². The van der Waals surface area contributed by atoms with Crippen LogP contribution in [0.5, 0.6) is 0 Å². The van der Waals surface area contributed by atoms with Gasteiger partial charge in [0.1, 0.15) is 0 Å². The molecule has 1 heterocycles. The highest BCUT2D eigenvalue weighted by Crippen LogP contribution is 2.29. The van der Waals surface area contributed by atoms with Gasteiger partial charge in [0, 0.05) is 12.2 Å². The minimum Gasteiger partial charge on any atom is -0.385 e. The Balaban J connectivity index is 2.27. The van der Waals surface area contributed by atoms with Gasteiger partial charge in [0.05, 0.1) is 0 Å². The average molecular weight is 197 g/mol. The van der Waals surface area contributed by atoms with E-state index in [0.717, 1.165) is 6.54 Å². The van der Waals surface area contributed by atoms with Gasteiger partial charge in [0.2, 0.25) is 0 Å². The minimum atomic E-state index is 1.12. The van der Waals surface area contributed by atoms with Gasteiger partial charge in [-0.3, -0.25) is 0 Å². The zero-order valence-corrected chi connectivity index (χ0v) is 8.79. The van der Waals surface area contributed by atoms with Crippen LogP contribution < -0.4 is 5.32 Å². The number of rotatable bonds is 0. The summed E-state index contributed by atoms with van der Waals surface area (Å²) in [5, 5.41) is 6.30. The third-order valence-corrected chi connectivity index (χ3v) is 3.21. The van der Waals surface area contributed by atoms with E-state index in [0.29, 0.717) is 0 Å². The number of hydrogen-bond donors (Lipinski definition) is 1. The Morgan fingerprint density at radius 3 is 2.87 bits per heavy atom. The first kappa shape index (κ1) is 8.78. The quantitative estimate of drug-likeness (QED) is 0.680. The van der Waals surface area contributed by atoms with Crippen molar-refractivity contribution in [2.75, 3.05) is 11.9 Å². The van der Waals surface area contributed by atoms with Crippen molar-refractivity contribution in [3.63, 3.8) is 0 Å². The second kappa shape index (κ2) is 3.58. The molecule has 0 amide bonds. The molecule has 0 spiro atoms. The smallest absolute Gasteiger partial charge is 0.0379 e. The van der Waals surface area contributed by atoms with Gasteiger partial charge in [-0.1, -0.05) is 30.3 Å². The molecule has 1 heteroatoms. The highest BCUT2D eigenvalue weighted by atomic mass is 14.9. The first-order chi connectivity index (χ1) is 7.45. The maximum absolute atomic E-state index is 3.52. The van der Waals surface area contributed by atoms with Crippen molar-refractivity contribution in [3.05, 3.63) is 42.0 Å². The molecule has 3 rings (SSSR count). The molecule has 1 nitrogen and oxygen atoms in total. The van der Waals surface area contributed by atoms with E-state index in [4.69, 9.17) is 0 Å². The van der Waals surface area contributed by atoms with Gasteiger partial charge in [-0.2, -0.15) is 0 Å². The zero-order chi connectivity index (χ0) is 10.1. The molecular formula is C14H15N. The van der Waals surface area contributed by atoms with E-state index in [-0.39, 0.29) is 0 Å². The summed E-state index contributed by atoms with van der Waals surface area (Å²) in [6.07, 6.45) is 3.79. The van der Waals surface area contributed by atoms with Crippen LogP contribution >= 0.6 is 0 Å². The lowest BCUT2D eigenvalue weighted by Crippen LogP contribution is -1.99. The Labute approximate surface area is 90.1 Å². The van der Waals surface area contributed by atoms with E-state index < -0.39 is 0 Å². The van der Waals surface area contributed by atoms with Crippen LogP contribution in [0.15, 0.2) is 36.4 Å². The average Bonchev–Trinajstić information content (AvgIpc) is 2.54. The lowest BCUT2D eigenvalue weighted by Gasteiger charge is -2.10. The summed E-state index contributed by atoms with van der Waals surface area (Å²) in [7, 11) is 0. The molecule has 15 heavy (non-hydrogen) atoms. The highest BCUT2D eigenvalue weighted by Gasteiger charge is 2.09. The van der Waals surface area contributed by atoms with E-state index in [1.54, 1.807) is 0 Å². The summed E-state index contributed by atoms with van der Waals surface area (Å²) in [5.74, 6) is 0. The summed E-state index contributed by atoms with van der Waals surface area (Å²) in [6, 6.07) is 13.1. The third-order valence-electron chi connectivity index (χ3n) is 3.21. The number of hydrogen-bond acceptors (Lipinski definition) is 1. The molecule has 0 saturated carbocycles. The van der Waals surface area contributed by atoms with E-state index in [1.165, 1.54) is 41.3 Å². The molecule has 76 valence electrons. The molecule has 0 aliphatic carbocycles. The molecule has 1 N–H and O–H groups in total. The van der Waals surface area contributed by atoms with E-state index in [2.05, 4.69) is 41.7 Å².